The molecule has 0 fully saturated rings. The minimum atomic E-state index is 0.405. The Morgan fingerprint density at radius 1 is 1.42 bits per heavy atom. The maximum Gasteiger partial charge on any atom is 0.106 e. The van der Waals surface area contributed by atoms with Crippen LogP contribution in [0.3, 0.4) is 0 Å². The SMILES string of the molecule is CCc1ncc(C2=CCC(N(CC)c3ccc(C#N)c(Cl)c3)C2)[nH]1. The summed E-state index contributed by atoms with van der Waals surface area (Å²) in [5.41, 5.74) is 4.04. The number of benzene rings is 1. The van der Waals surface area contributed by atoms with E-state index in [1.165, 1.54) is 5.57 Å². The second kappa shape index (κ2) is 7.11. The van der Waals surface area contributed by atoms with E-state index in [1.54, 1.807) is 6.07 Å². The Labute approximate surface area is 147 Å². The third kappa shape index (κ3) is 3.18. The van der Waals surface area contributed by atoms with Gasteiger partial charge in [0.05, 0.1) is 22.5 Å². The minimum Gasteiger partial charge on any atom is -0.368 e. The van der Waals surface area contributed by atoms with E-state index in [-0.39, 0.29) is 0 Å². The first-order chi connectivity index (χ1) is 11.7. The van der Waals surface area contributed by atoms with E-state index >= 15 is 0 Å². The van der Waals surface area contributed by atoms with Gasteiger partial charge in [0, 0.05) is 24.7 Å². The number of aryl methyl sites for hydroxylation is 1. The van der Waals surface area contributed by atoms with E-state index in [9.17, 15) is 0 Å². The molecule has 1 unspecified atom stereocenters. The first-order valence-corrected chi connectivity index (χ1v) is 8.73. The number of aromatic amines is 1. The molecule has 24 heavy (non-hydrogen) atoms. The van der Waals surface area contributed by atoms with Crippen LogP contribution < -0.4 is 4.90 Å². The predicted molar refractivity (Wildman–Crippen MR) is 98.2 cm³/mol. The van der Waals surface area contributed by atoms with Crippen molar-refractivity contribution in [2.24, 2.45) is 0 Å². The van der Waals surface area contributed by atoms with Crippen LogP contribution in [0.2, 0.25) is 5.02 Å². The van der Waals surface area contributed by atoms with Gasteiger partial charge in [0.1, 0.15) is 11.9 Å². The maximum atomic E-state index is 9.03. The van der Waals surface area contributed by atoms with E-state index < -0.39 is 0 Å². The summed E-state index contributed by atoms with van der Waals surface area (Å²) in [5.74, 6) is 1.03. The van der Waals surface area contributed by atoms with Crippen molar-refractivity contribution in [2.75, 3.05) is 11.4 Å². The van der Waals surface area contributed by atoms with Gasteiger partial charge >= 0.3 is 0 Å². The summed E-state index contributed by atoms with van der Waals surface area (Å²) in [5, 5.41) is 9.55. The molecule has 0 spiro atoms. The molecule has 4 nitrogen and oxygen atoms in total. The summed E-state index contributed by atoms with van der Waals surface area (Å²) in [6.07, 6.45) is 7.13. The van der Waals surface area contributed by atoms with E-state index in [0.29, 0.717) is 16.6 Å². The Balaban J connectivity index is 1.76. The quantitative estimate of drug-likeness (QED) is 0.867. The Hall–Kier alpha value is -2.25. The molecule has 1 aliphatic rings. The molecule has 0 aliphatic heterocycles. The molecule has 1 aromatic carbocycles. The second-order valence-corrected chi connectivity index (χ2v) is 6.39. The van der Waals surface area contributed by atoms with Crippen LogP contribution in [0, 0.1) is 11.3 Å². The van der Waals surface area contributed by atoms with Gasteiger partial charge in [-0.05, 0) is 43.5 Å². The number of H-pyrrole nitrogens is 1. The van der Waals surface area contributed by atoms with Crippen molar-refractivity contribution in [2.45, 2.75) is 39.2 Å². The van der Waals surface area contributed by atoms with Gasteiger partial charge in [0.25, 0.3) is 0 Å². The van der Waals surface area contributed by atoms with Crippen LogP contribution in [0.5, 0.6) is 0 Å². The number of nitriles is 1. The summed E-state index contributed by atoms with van der Waals surface area (Å²) in [6.45, 7) is 5.15. The largest absolute Gasteiger partial charge is 0.368 e. The van der Waals surface area contributed by atoms with E-state index in [4.69, 9.17) is 16.9 Å². The average Bonchev–Trinajstić information content (AvgIpc) is 3.25. The molecule has 0 amide bonds. The van der Waals surface area contributed by atoms with E-state index in [0.717, 1.165) is 43.0 Å². The van der Waals surface area contributed by atoms with Gasteiger partial charge in [-0.15, -0.1) is 0 Å². The van der Waals surface area contributed by atoms with Gasteiger partial charge in [-0.2, -0.15) is 5.26 Å². The van der Waals surface area contributed by atoms with E-state index in [2.05, 4.69) is 40.9 Å². The highest BCUT2D eigenvalue weighted by Crippen LogP contribution is 2.34. The smallest absolute Gasteiger partial charge is 0.106 e. The molecule has 0 saturated carbocycles. The van der Waals surface area contributed by atoms with Crippen LogP contribution in [-0.2, 0) is 6.42 Å². The summed E-state index contributed by atoms with van der Waals surface area (Å²) in [7, 11) is 0. The van der Waals surface area contributed by atoms with Crippen molar-refractivity contribution in [3.8, 4) is 6.07 Å². The van der Waals surface area contributed by atoms with Gasteiger partial charge in [0.15, 0.2) is 0 Å². The zero-order valence-electron chi connectivity index (χ0n) is 14.0. The summed E-state index contributed by atoms with van der Waals surface area (Å²) in [6, 6.07) is 8.20. The minimum absolute atomic E-state index is 0.405. The Morgan fingerprint density at radius 2 is 2.25 bits per heavy atom. The third-order valence-electron chi connectivity index (χ3n) is 4.59. The van der Waals surface area contributed by atoms with Crippen molar-refractivity contribution < 1.29 is 0 Å². The van der Waals surface area contributed by atoms with Crippen LogP contribution in [0.25, 0.3) is 5.57 Å². The maximum absolute atomic E-state index is 9.03. The Kier molecular flexibility index (Phi) is 4.92. The summed E-state index contributed by atoms with van der Waals surface area (Å²) >= 11 is 6.21. The third-order valence-corrected chi connectivity index (χ3v) is 4.90. The van der Waals surface area contributed by atoms with Crippen molar-refractivity contribution in [1.29, 1.82) is 5.26 Å². The van der Waals surface area contributed by atoms with Crippen LogP contribution in [0.1, 0.15) is 43.8 Å². The van der Waals surface area contributed by atoms with Crippen LogP contribution in [0.15, 0.2) is 30.5 Å². The number of imidazole rings is 1. The lowest BCUT2D eigenvalue weighted by atomic mass is 10.1. The molecular weight excluding hydrogens is 320 g/mol. The van der Waals surface area contributed by atoms with Gasteiger partial charge in [-0.3, -0.25) is 0 Å². The number of rotatable bonds is 5. The summed E-state index contributed by atoms with van der Waals surface area (Å²) in [4.78, 5) is 10.1. The van der Waals surface area contributed by atoms with Gasteiger partial charge in [-0.25, -0.2) is 4.98 Å². The average molecular weight is 341 g/mol. The monoisotopic (exact) mass is 340 g/mol. The highest BCUT2D eigenvalue weighted by molar-refractivity contribution is 6.32. The second-order valence-electron chi connectivity index (χ2n) is 5.98. The molecule has 3 rings (SSSR count). The lowest BCUT2D eigenvalue weighted by Crippen LogP contribution is -2.33. The molecule has 1 aromatic heterocycles. The molecule has 0 saturated heterocycles. The molecule has 1 N–H and O–H groups in total. The highest BCUT2D eigenvalue weighted by Gasteiger charge is 2.25. The Bertz CT molecular complexity index is 800. The zero-order chi connectivity index (χ0) is 17.1. The molecule has 0 radical (unpaired) electrons. The van der Waals surface area contributed by atoms with Gasteiger partial charge in [0.2, 0.25) is 0 Å². The molecule has 124 valence electrons. The fourth-order valence-corrected chi connectivity index (χ4v) is 3.50. The van der Waals surface area contributed by atoms with Crippen LogP contribution in [0.4, 0.5) is 5.69 Å². The normalized spacial score (nSPS) is 16.8. The lowest BCUT2D eigenvalue weighted by molar-refractivity contribution is 0.641. The molecule has 1 atom stereocenters. The van der Waals surface area contributed by atoms with Crippen molar-refractivity contribution >= 4 is 22.9 Å². The van der Waals surface area contributed by atoms with Crippen molar-refractivity contribution in [1.82, 2.24) is 9.97 Å². The van der Waals surface area contributed by atoms with Gasteiger partial charge < -0.3 is 9.88 Å². The number of anilines is 1. The van der Waals surface area contributed by atoms with Gasteiger partial charge in [-0.1, -0.05) is 24.6 Å². The topological polar surface area (TPSA) is 55.7 Å². The molecular formula is C19H21ClN4. The predicted octanol–water partition coefficient (Wildman–Crippen LogP) is 4.57. The molecule has 0 bridgehead atoms. The molecule has 1 aliphatic carbocycles. The van der Waals surface area contributed by atoms with Crippen LogP contribution in [-0.4, -0.2) is 22.6 Å². The first-order valence-electron chi connectivity index (χ1n) is 8.35. The Morgan fingerprint density at radius 3 is 2.88 bits per heavy atom. The number of halogens is 1. The molecule has 1 heterocycles. The van der Waals surface area contributed by atoms with Crippen LogP contribution >= 0.6 is 11.6 Å². The number of nitrogens with one attached hydrogen (secondary N) is 1. The fourth-order valence-electron chi connectivity index (χ4n) is 3.29. The van der Waals surface area contributed by atoms with Crippen molar-refractivity contribution in [3.63, 3.8) is 0 Å². The lowest BCUT2D eigenvalue weighted by Gasteiger charge is -2.30. The molecule has 2 aromatic rings. The van der Waals surface area contributed by atoms with Crippen molar-refractivity contribution in [3.05, 3.63) is 52.6 Å². The zero-order valence-corrected chi connectivity index (χ0v) is 14.8. The number of hydrogen-bond donors (Lipinski definition) is 1. The first kappa shape index (κ1) is 16.6. The molecule has 5 heteroatoms. The number of aromatic nitrogens is 2. The number of nitrogens with zero attached hydrogens (tertiary/aromatic N) is 3. The summed E-state index contributed by atoms with van der Waals surface area (Å²) < 4.78 is 0. The fraction of sp³-hybridized carbons (Fsp3) is 0.368. The standard InChI is InChI=1S/C19H21ClN4/c1-3-19-22-12-18(23-19)13-5-7-15(9-13)24(4-2)16-8-6-14(11-21)17(20)10-16/h5-6,8,10,12,15H,3-4,7,9H2,1-2H3,(H,22,23). The number of hydrogen-bond acceptors (Lipinski definition) is 3. The highest BCUT2D eigenvalue weighted by atomic mass is 35.5. The van der Waals surface area contributed by atoms with E-state index in [1.807, 2.05) is 18.3 Å².